The Labute approximate surface area is 95.4 Å². The molecule has 0 heterocycles. The second-order valence-electron chi connectivity index (χ2n) is 3.79. The van der Waals surface area contributed by atoms with E-state index < -0.39 is 26.4 Å². The highest BCUT2D eigenvalue weighted by Crippen LogP contribution is 2.34. The molecule has 0 unspecified atom stereocenters. The number of hydrogen-bond donors (Lipinski definition) is 2. The summed E-state index contributed by atoms with van der Waals surface area (Å²) in [7, 11) is -4.20. The molecule has 0 aromatic rings. The van der Waals surface area contributed by atoms with Gasteiger partial charge in [0.25, 0.3) is 0 Å². The SMILES string of the molecule is CCCCCCN(CC(=O)[O-])CP(=O)(O)O. The number of carbonyl (C=O) groups excluding carboxylic acids is 1. The maximum atomic E-state index is 10.8. The number of carbonyl (C=O) groups is 1. The zero-order chi connectivity index (χ0) is 12.6. The first-order valence-corrected chi connectivity index (χ1v) is 7.11. The average molecular weight is 252 g/mol. The summed E-state index contributed by atoms with van der Waals surface area (Å²) in [6, 6.07) is 0. The van der Waals surface area contributed by atoms with Crippen molar-refractivity contribution in [3.05, 3.63) is 0 Å². The fourth-order valence-corrected chi connectivity index (χ4v) is 2.17. The van der Waals surface area contributed by atoms with Crippen LogP contribution in [0.1, 0.15) is 32.6 Å². The fraction of sp³-hybridized carbons (Fsp3) is 0.889. The van der Waals surface area contributed by atoms with Crippen molar-refractivity contribution in [2.75, 3.05) is 19.4 Å². The van der Waals surface area contributed by atoms with Crippen LogP contribution in [0.2, 0.25) is 0 Å². The number of carboxylic acid groups (broad SMARTS) is 1. The van der Waals surface area contributed by atoms with Crippen molar-refractivity contribution in [1.82, 2.24) is 4.90 Å². The monoisotopic (exact) mass is 252 g/mol. The summed E-state index contributed by atoms with van der Waals surface area (Å²) in [5, 5.41) is 10.4. The predicted molar refractivity (Wildman–Crippen MR) is 57.6 cm³/mol. The molecule has 0 saturated carbocycles. The van der Waals surface area contributed by atoms with Gasteiger partial charge in [0.2, 0.25) is 0 Å². The van der Waals surface area contributed by atoms with Crippen LogP contribution in [0.3, 0.4) is 0 Å². The van der Waals surface area contributed by atoms with Gasteiger partial charge >= 0.3 is 7.60 Å². The molecule has 0 aliphatic carbocycles. The number of hydrogen-bond acceptors (Lipinski definition) is 4. The summed E-state index contributed by atoms with van der Waals surface area (Å²) in [4.78, 5) is 29.1. The van der Waals surface area contributed by atoms with E-state index in [9.17, 15) is 14.5 Å². The Balaban J connectivity index is 4.01. The molecule has 0 aliphatic rings. The minimum atomic E-state index is -4.20. The number of carboxylic acids is 1. The zero-order valence-electron chi connectivity index (χ0n) is 9.46. The number of rotatable bonds is 9. The third kappa shape index (κ3) is 10.1. The van der Waals surface area contributed by atoms with Gasteiger partial charge < -0.3 is 19.7 Å². The molecule has 0 amide bonds. The maximum absolute atomic E-state index is 10.8. The number of nitrogens with zero attached hydrogens (tertiary/aromatic N) is 1. The Morgan fingerprint density at radius 1 is 1.31 bits per heavy atom. The lowest BCUT2D eigenvalue weighted by atomic mass is 10.2. The van der Waals surface area contributed by atoms with Crippen LogP contribution < -0.4 is 5.11 Å². The van der Waals surface area contributed by atoms with Gasteiger partial charge in [-0.2, -0.15) is 0 Å². The molecule has 7 heteroatoms. The Hall–Kier alpha value is -0.420. The van der Waals surface area contributed by atoms with Gasteiger partial charge in [-0.15, -0.1) is 0 Å². The molecule has 0 fully saturated rings. The van der Waals surface area contributed by atoms with Gasteiger partial charge in [-0.1, -0.05) is 26.2 Å². The van der Waals surface area contributed by atoms with E-state index in [0.717, 1.165) is 25.7 Å². The van der Waals surface area contributed by atoms with Gasteiger partial charge in [-0.3, -0.25) is 9.46 Å². The zero-order valence-corrected chi connectivity index (χ0v) is 10.4. The van der Waals surface area contributed by atoms with Gasteiger partial charge in [-0.05, 0) is 13.0 Å². The lowest BCUT2D eigenvalue weighted by Crippen LogP contribution is -2.39. The molecule has 0 bridgehead atoms. The van der Waals surface area contributed by atoms with Crippen LogP contribution in [0, 0.1) is 0 Å². The second kappa shape index (κ2) is 7.79. The molecule has 0 atom stereocenters. The molecule has 0 aromatic heterocycles. The molecular weight excluding hydrogens is 233 g/mol. The Morgan fingerprint density at radius 2 is 1.94 bits per heavy atom. The molecule has 6 nitrogen and oxygen atoms in total. The molecule has 16 heavy (non-hydrogen) atoms. The Bertz CT molecular complexity index is 252. The molecule has 2 N–H and O–H groups in total. The average Bonchev–Trinajstić information content (AvgIpc) is 2.08. The molecule has 0 spiro atoms. The van der Waals surface area contributed by atoms with Crippen molar-refractivity contribution in [1.29, 1.82) is 0 Å². The standard InChI is InChI=1S/C9H20NO5P/c1-2-3-4-5-6-10(7-9(11)12)8-16(13,14)15/h2-8H2,1H3,(H,11,12)(H2,13,14,15)/p-1. The first-order chi connectivity index (χ1) is 7.35. The van der Waals surface area contributed by atoms with Crippen molar-refractivity contribution in [3.8, 4) is 0 Å². The molecular formula is C9H19NO5P-. The highest BCUT2D eigenvalue weighted by Gasteiger charge is 2.18. The predicted octanol–water partition coefficient (Wildman–Crippen LogP) is -0.246. The van der Waals surface area contributed by atoms with Gasteiger partial charge in [0.15, 0.2) is 0 Å². The summed E-state index contributed by atoms with van der Waals surface area (Å²) in [5.74, 6) is -1.32. The summed E-state index contributed by atoms with van der Waals surface area (Å²) < 4.78 is 10.8. The lowest BCUT2D eigenvalue weighted by molar-refractivity contribution is -0.306. The van der Waals surface area contributed by atoms with E-state index in [1.54, 1.807) is 0 Å². The first kappa shape index (κ1) is 15.6. The van der Waals surface area contributed by atoms with Crippen LogP contribution in [0.4, 0.5) is 0 Å². The normalized spacial score (nSPS) is 12.0. The summed E-state index contributed by atoms with van der Waals surface area (Å²) >= 11 is 0. The van der Waals surface area contributed by atoms with E-state index >= 15 is 0 Å². The highest BCUT2D eigenvalue weighted by molar-refractivity contribution is 7.51. The van der Waals surface area contributed by atoms with E-state index in [1.807, 2.05) is 0 Å². The largest absolute Gasteiger partial charge is 0.549 e. The van der Waals surface area contributed by atoms with Crippen LogP contribution in [-0.4, -0.2) is 40.0 Å². The Morgan fingerprint density at radius 3 is 2.38 bits per heavy atom. The quantitative estimate of drug-likeness (QED) is 0.433. The number of aliphatic carboxylic acids is 1. The number of unbranched alkanes of at least 4 members (excludes halogenated alkanes) is 3. The molecule has 0 aliphatic heterocycles. The van der Waals surface area contributed by atoms with Crippen LogP contribution in [0.25, 0.3) is 0 Å². The van der Waals surface area contributed by atoms with E-state index in [2.05, 4.69) is 6.92 Å². The Kier molecular flexibility index (Phi) is 7.58. The maximum Gasteiger partial charge on any atom is 0.339 e. The van der Waals surface area contributed by atoms with Crippen molar-refractivity contribution in [2.45, 2.75) is 32.6 Å². The minimum absolute atomic E-state index is 0.374. The fourth-order valence-electron chi connectivity index (χ4n) is 1.41. The molecule has 96 valence electrons. The van der Waals surface area contributed by atoms with Gasteiger partial charge in [-0.25, -0.2) is 0 Å². The second-order valence-corrected chi connectivity index (χ2v) is 5.40. The van der Waals surface area contributed by atoms with Crippen LogP contribution in [0.15, 0.2) is 0 Å². The van der Waals surface area contributed by atoms with Gasteiger partial charge in [0.1, 0.15) is 6.29 Å². The van der Waals surface area contributed by atoms with Gasteiger partial charge in [0, 0.05) is 6.54 Å². The van der Waals surface area contributed by atoms with Crippen molar-refractivity contribution >= 4 is 13.6 Å². The van der Waals surface area contributed by atoms with E-state index in [-0.39, 0.29) is 0 Å². The van der Waals surface area contributed by atoms with Crippen molar-refractivity contribution < 1.29 is 24.3 Å². The molecule has 0 rings (SSSR count). The van der Waals surface area contributed by atoms with Crippen LogP contribution in [0.5, 0.6) is 0 Å². The smallest absolute Gasteiger partial charge is 0.339 e. The summed E-state index contributed by atoms with van der Waals surface area (Å²) in [5.41, 5.74) is 0. The first-order valence-electron chi connectivity index (χ1n) is 5.32. The van der Waals surface area contributed by atoms with Crippen LogP contribution >= 0.6 is 7.60 Å². The van der Waals surface area contributed by atoms with Crippen molar-refractivity contribution in [2.24, 2.45) is 0 Å². The molecule has 0 aromatic carbocycles. The van der Waals surface area contributed by atoms with Gasteiger partial charge in [0.05, 0.1) is 5.97 Å². The minimum Gasteiger partial charge on any atom is -0.549 e. The van der Waals surface area contributed by atoms with Crippen molar-refractivity contribution in [3.63, 3.8) is 0 Å². The van der Waals surface area contributed by atoms with E-state index in [1.165, 1.54) is 4.90 Å². The molecule has 0 saturated heterocycles. The highest BCUT2D eigenvalue weighted by atomic mass is 31.2. The third-order valence-corrected chi connectivity index (χ3v) is 2.83. The van der Waals surface area contributed by atoms with E-state index in [4.69, 9.17) is 9.79 Å². The summed E-state index contributed by atoms with van der Waals surface area (Å²) in [6.07, 6.45) is 3.24. The summed E-state index contributed by atoms with van der Waals surface area (Å²) in [6.45, 7) is 1.99. The van der Waals surface area contributed by atoms with E-state index in [0.29, 0.717) is 6.54 Å². The third-order valence-electron chi connectivity index (χ3n) is 2.06. The topological polar surface area (TPSA) is 101 Å². The van der Waals surface area contributed by atoms with Crippen LogP contribution in [-0.2, 0) is 9.36 Å². The lowest BCUT2D eigenvalue weighted by Gasteiger charge is -2.22. The molecule has 0 radical (unpaired) electrons.